The van der Waals surface area contributed by atoms with Gasteiger partial charge in [0.25, 0.3) is 0 Å². The molecule has 2 N–H and O–H groups in total. The second-order valence-corrected chi connectivity index (χ2v) is 5.21. The number of carbonyl (C=O) groups is 1. The lowest BCUT2D eigenvalue weighted by atomic mass is 10.4. The Labute approximate surface area is 112 Å². The molecule has 1 aromatic heterocycles. The standard InChI is InChI=1S/C12H21N5O2/c1-8(2)13-6-11-15-16-12(19-11)17(3)7-10(18)14-9-4-5-9/h8-9,13H,4-7H2,1-3H3,(H,14,18). The average molecular weight is 267 g/mol. The first-order chi connectivity index (χ1) is 9.04. The zero-order valence-electron chi connectivity index (χ0n) is 11.6. The molecule has 0 atom stereocenters. The van der Waals surface area contributed by atoms with Crippen LogP contribution in [0.15, 0.2) is 4.42 Å². The summed E-state index contributed by atoms with van der Waals surface area (Å²) in [7, 11) is 1.76. The van der Waals surface area contributed by atoms with Crippen molar-refractivity contribution in [2.45, 2.75) is 45.3 Å². The van der Waals surface area contributed by atoms with Gasteiger partial charge >= 0.3 is 6.01 Å². The normalized spacial score (nSPS) is 14.7. The van der Waals surface area contributed by atoms with Crippen LogP contribution in [-0.2, 0) is 11.3 Å². The minimum atomic E-state index is -0.00921. The zero-order valence-corrected chi connectivity index (χ0v) is 11.6. The molecule has 1 aliphatic rings. The highest BCUT2D eigenvalue weighted by molar-refractivity contribution is 5.81. The molecule has 7 heteroatoms. The third-order valence-corrected chi connectivity index (χ3v) is 2.77. The van der Waals surface area contributed by atoms with Crippen molar-refractivity contribution < 1.29 is 9.21 Å². The van der Waals surface area contributed by atoms with Crippen molar-refractivity contribution in [1.82, 2.24) is 20.8 Å². The SMILES string of the molecule is CC(C)NCc1nnc(N(C)CC(=O)NC2CC2)o1. The van der Waals surface area contributed by atoms with Gasteiger partial charge in [-0.25, -0.2) is 0 Å². The Bertz CT molecular complexity index is 428. The van der Waals surface area contributed by atoms with Gasteiger partial charge in [-0.2, -0.15) is 0 Å². The summed E-state index contributed by atoms with van der Waals surface area (Å²) in [5.74, 6) is 0.517. The fraction of sp³-hybridized carbons (Fsp3) is 0.750. The molecule has 1 amide bonds. The number of hydrogen-bond donors (Lipinski definition) is 2. The van der Waals surface area contributed by atoms with Crippen LogP contribution in [-0.4, -0.2) is 41.8 Å². The van der Waals surface area contributed by atoms with E-state index in [0.717, 1.165) is 12.8 Å². The lowest BCUT2D eigenvalue weighted by Gasteiger charge is -2.13. The Balaban J connectivity index is 1.80. The number of nitrogens with zero attached hydrogens (tertiary/aromatic N) is 3. The molecule has 1 aliphatic carbocycles. The van der Waals surface area contributed by atoms with E-state index in [-0.39, 0.29) is 12.5 Å². The summed E-state index contributed by atoms with van der Waals surface area (Å²) in [5, 5.41) is 14.0. The highest BCUT2D eigenvalue weighted by atomic mass is 16.4. The molecule has 7 nitrogen and oxygen atoms in total. The number of amides is 1. The van der Waals surface area contributed by atoms with Gasteiger partial charge in [0.15, 0.2) is 0 Å². The number of rotatable bonds is 7. The van der Waals surface area contributed by atoms with E-state index in [1.165, 1.54) is 0 Å². The maximum Gasteiger partial charge on any atom is 0.318 e. The Kier molecular flexibility index (Phi) is 4.36. The quantitative estimate of drug-likeness (QED) is 0.738. The van der Waals surface area contributed by atoms with Crippen molar-refractivity contribution in [3.63, 3.8) is 0 Å². The van der Waals surface area contributed by atoms with Gasteiger partial charge < -0.3 is 20.0 Å². The largest absolute Gasteiger partial charge is 0.407 e. The number of carbonyl (C=O) groups excluding carboxylic acids is 1. The summed E-state index contributed by atoms with van der Waals surface area (Å²) in [6.07, 6.45) is 2.17. The monoisotopic (exact) mass is 267 g/mol. The fourth-order valence-corrected chi connectivity index (χ4v) is 1.55. The van der Waals surface area contributed by atoms with E-state index in [0.29, 0.717) is 30.5 Å². The van der Waals surface area contributed by atoms with Crippen LogP contribution < -0.4 is 15.5 Å². The van der Waals surface area contributed by atoms with Gasteiger partial charge in [-0.15, -0.1) is 5.10 Å². The van der Waals surface area contributed by atoms with E-state index >= 15 is 0 Å². The number of aromatic nitrogens is 2. The van der Waals surface area contributed by atoms with Gasteiger partial charge in [-0.3, -0.25) is 4.79 Å². The second-order valence-electron chi connectivity index (χ2n) is 5.21. The molecule has 2 rings (SSSR count). The van der Waals surface area contributed by atoms with Crippen molar-refractivity contribution in [3.8, 4) is 0 Å². The van der Waals surface area contributed by atoms with Crippen LogP contribution in [0.5, 0.6) is 0 Å². The fourth-order valence-electron chi connectivity index (χ4n) is 1.55. The van der Waals surface area contributed by atoms with E-state index < -0.39 is 0 Å². The lowest BCUT2D eigenvalue weighted by Crippen LogP contribution is -2.36. The molecule has 1 aromatic rings. The molecule has 0 unspecified atom stereocenters. The topological polar surface area (TPSA) is 83.3 Å². The van der Waals surface area contributed by atoms with Crippen LogP contribution in [0.3, 0.4) is 0 Å². The minimum Gasteiger partial charge on any atom is -0.407 e. The predicted molar refractivity (Wildman–Crippen MR) is 70.7 cm³/mol. The molecule has 1 fully saturated rings. The van der Waals surface area contributed by atoms with Gasteiger partial charge in [0.05, 0.1) is 6.54 Å². The molecule has 0 aromatic carbocycles. The molecule has 1 heterocycles. The Morgan fingerprint density at radius 1 is 1.47 bits per heavy atom. The minimum absolute atomic E-state index is 0.00921. The second kappa shape index (κ2) is 6.01. The van der Waals surface area contributed by atoms with Gasteiger partial charge in [-0.05, 0) is 12.8 Å². The molecule has 1 saturated carbocycles. The summed E-state index contributed by atoms with van der Waals surface area (Å²) in [6.45, 7) is 4.86. The maximum absolute atomic E-state index is 11.6. The predicted octanol–water partition coefficient (Wildman–Crippen LogP) is 0.282. The van der Waals surface area contributed by atoms with Crippen LogP contribution in [0.4, 0.5) is 6.01 Å². The number of anilines is 1. The zero-order chi connectivity index (χ0) is 13.8. The van der Waals surface area contributed by atoms with Crippen molar-refractivity contribution >= 4 is 11.9 Å². The first-order valence-electron chi connectivity index (χ1n) is 6.61. The van der Waals surface area contributed by atoms with Crippen LogP contribution in [0, 0.1) is 0 Å². The molecule has 0 saturated heterocycles. The van der Waals surface area contributed by atoms with E-state index in [9.17, 15) is 4.79 Å². The Morgan fingerprint density at radius 2 is 2.21 bits per heavy atom. The van der Waals surface area contributed by atoms with Crippen molar-refractivity contribution in [3.05, 3.63) is 5.89 Å². The maximum atomic E-state index is 11.6. The van der Waals surface area contributed by atoms with Crippen molar-refractivity contribution in [1.29, 1.82) is 0 Å². The van der Waals surface area contributed by atoms with Gasteiger partial charge in [0.2, 0.25) is 11.8 Å². The molecule has 0 radical (unpaired) electrons. The summed E-state index contributed by atoms with van der Waals surface area (Å²) in [4.78, 5) is 13.3. The highest BCUT2D eigenvalue weighted by Crippen LogP contribution is 2.18. The summed E-state index contributed by atoms with van der Waals surface area (Å²) < 4.78 is 5.48. The molecule has 0 aliphatic heterocycles. The van der Waals surface area contributed by atoms with Crippen LogP contribution in [0.25, 0.3) is 0 Å². The summed E-state index contributed by atoms with van der Waals surface area (Å²) in [6, 6.07) is 1.10. The first kappa shape index (κ1) is 13.8. The van der Waals surface area contributed by atoms with Gasteiger partial charge in [-0.1, -0.05) is 18.9 Å². The summed E-state index contributed by atoms with van der Waals surface area (Å²) in [5.41, 5.74) is 0. The molecule has 0 bridgehead atoms. The molecular formula is C12H21N5O2. The molecule has 19 heavy (non-hydrogen) atoms. The lowest BCUT2D eigenvalue weighted by molar-refractivity contribution is -0.119. The number of hydrogen-bond acceptors (Lipinski definition) is 6. The van der Waals surface area contributed by atoms with Gasteiger partial charge in [0, 0.05) is 19.1 Å². The van der Waals surface area contributed by atoms with Crippen LogP contribution in [0.2, 0.25) is 0 Å². The Hall–Kier alpha value is -1.63. The number of nitrogens with one attached hydrogen (secondary N) is 2. The van der Waals surface area contributed by atoms with Crippen molar-refractivity contribution in [2.75, 3.05) is 18.5 Å². The van der Waals surface area contributed by atoms with E-state index in [1.54, 1.807) is 11.9 Å². The molecule has 0 spiro atoms. The van der Waals surface area contributed by atoms with E-state index in [1.807, 2.05) is 13.8 Å². The number of likely N-dealkylation sites (N-methyl/N-ethyl adjacent to an activating group) is 1. The molecule has 106 valence electrons. The smallest absolute Gasteiger partial charge is 0.318 e. The third kappa shape index (κ3) is 4.51. The van der Waals surface area contributed by atoms with Crippen LogP contribution in [0.1, 0.15) is 32.6 Å². The van der Waals surface area contributed by atoms with Gasteiger partial charge in [0.1, 0.15) is 6.54 Å². The van der Waals surface area contributed by atoms with E-state index in [2.05, 4.69) is 20.8 Å². The first-order valence-corrected chi connectivity index (χ1v) is 6.61. The highest BCUT2D eigenvalue weighted by Gasteiger charge is 2.24. The summed E-state index contributed by atoms with van der Waals surface area (Å²) >= 11 is 0. The Morgan fingerprint density at radius 3 is 2.84 bits per heavy atom. The van der Waals surface area contributed by atoms with Crippen molar-refractivity contribution in [2.24, 2.45) is 0 Å². The van der Waals surface area contributed by atoms with Crippen LogP contribution >= 0.6 is 0 Å². The van der Waals surface area contributed by atoms with E-state index in [4.69, 9.17) is 4.42 Å². The average Bonchev–Trinajstić information content (AvgIpc) is 3.01. The molecular weight excluding hydrogens is 246 g/mol. The third-order valence-electron chi connectivity index (χ3n) is 2.77.